The SMILES string of the molecule is CCC(C)(OC)C(NC)c1c(OC)cnn1C(C)C. The molecule has 1 aromatic rings. The fraction of sp³-hybridized carbons (Fsp3) is 0.786. The van der Waals surface area contributed by atoms with Gasteiger partial charge in [0, 0.05) is 13.2 Å². The highest BCUT2D eigenvalue weighted by Crippen LogP contribution is 2.37. The van der Waals surface area contributed by atoms with E-state index in [9.17, 15) is 0 Å². The number of likely N-dealkylation sites (N-methyl/N-ethyl adjacent to an activating group) is 1. The van der Waals surface area contributed by atoms with Gasteiger partial charge >= 0.3 is 0 Å². The lowest BCUT2D eigenvalue weighted by Gasteiger charge is -2.36. The highest BCUT2D eigenvalue weighted by molar-refractivity contribution is 5.31. The van der Waals surface area contributed by atoms with Gasteiger partial charge in [0.25, 0.3) is 0 Å². The minimum Gasteiger partial charge on any atom is -0.493 e. The predicted octanol–water partition coefficient (Wildman–Crippen LogP) is 2.55. The van der Waals surface area contributed by atoms with Gasteiger partial charge in [-0.05, 0) is 34.2 Å². The maximum absolute atomic E-state index is 5.74. The molecule has 1 rings (SSSR count). The number of hydrogen-bond donors (Lipinski definition) is 1. The van der Waals surface area contributed by atoms with E-state index in [0.717, 1.165) is 17.9 Å². The molecule has 0 aliphatic rings. The molecular formula is C14H27N3O2. The molecule has 0 saturated heterocycles. The van der Waals surface area contributed by atoms with Crippen LogP contribution in [-0.2, 0) is 4.74 Å². The van der Waals surface area contributed by atoms with Crippen LogP contribution >= 0.6 is 0 Å². The van der Waals surface area contributed by atoms with Gasteiger partial charge in [-0.25, -0.2) is 0 Å². The number of methoxy groups -OCH3 is 2. The van der Waals surface area contributed by atoms with Crippen LogP contribution in [-0.4, -0.2) is 36.6 Å². The second kappa shape index (κ2) is 6.39. The zero-order valence-corrected chi connectivity index (χ0v) is 13.2. The smallest absolute Gasteiger partial charge is 0.161 e. The molecule has 0 amide bonds. The van der Waals surface area contributed by atoms with Gasteiger partial charge in [0.05, 0.1) is 24.9 Å². The van der Waals surface area contributed by atoms with Crippen molar-refractivity contribution in [2.24, 2.45) is 0 Å². The number of ether oxygens (including phenoxy) is 2. The fourth-order valence-electron chi connectivity index (χ4n) is 2.40. The van der Waals surface area contributed by atoms with Crippen LogP contribution in [0.5, 0.6) is 5.75 Å². The molecule has 19 heavy (non-hydrogen) atoms. The number of nitrogens with one attached hydrogen (secondary N) is 1. The Hall–Kier alpha value is -1.07. The van der Waals surface area contributed by atoms with Crippen molar-refractivity contribution in [1.29, 1.82) is 0 Å². The molecule has 0 radical (unpaired) electrons. The van der Waals surface area contributed by atoms with E-state index in [1.54, 1.807) is 20.4 Å². The molecular weight excluding hydrogens is 242 g/mol. The zero-order valence-electron chi connectivity index (χ0n) is 13.2. The third-order valence-corrected chi connectivity index (χ3v) is 3.85. The van der Waals surface area contributed by atoms with Crippen molar-refractivity contribution in [2.45, 2.75) is 51.8 Å². The van der Waals surface area contributed by atoms with E-state index in [1.807, 2.05) is 11.7 Å². The van der Waals surface area contributed by atoms with Crippen molar-refractivity contribution in [3.05, 3.63) is 11.9 Å². The first kappa shape index (κ1) is 16.0. The average Bonchev–Trinajstić information content (AvgIpc) is 2.83. The summed E-state index contributed by atoms with van der Waals surface area (Å²) in [7, 11) is 5.36. The van der Waals surface area contributed by atoms with Gasteiger partial charge in [-0.15, -0.1) is 0 Å². The summed E-state index contributed by atoms with van der Waals surface area (Å²) in [4.78, 5) is 0. The van der Waals surface area contributed by atoms with Gasteiger partial charge in [0.15, 0.2) is 5.75 Å². The van der Waals surface area contributed by atoms with Gasteiger partial charge in [-0.3, -0.25) is 4.68 Å². The van der Waals surface area contributed by atoms with Crippen LogP contribution in [0.25, 0.3) is 0 Å². The van der Waals surface area contributed by atoms with E-state index in [4.69, 9.17) is 9.47 Å². The molecule has 0 saturated carbocycles. The molecule has 2 atom stereocenters. The van der Waals surface area contributed by atoms with Crippen LogP contribution in [0.2, 0.25) is 0 Å². The topological polar surface area (TPSA) is 48.3 Å². The normalized spacial score (nSPS) is 16.4. The van der Waals surface area contributed by atoms with Crippen molar-refractivity contribution in [2.75, 3.05) is 21.3 Å². The minimum atomic E-state index is -0.311. The van der Waals surface area contributed by atoms with Gasteiger partial charge < -0.3 is 14.8 Å². The van der Waals surface area contributed by atoms with Crippen LogP contribution in [0.15, 0.2) is 6.20 Å². The summed E-state index contributed by atoms with van der Waals surface area (Å²) in [6.07, 6.45) is 2.66. The quantitative estimate of drug-likeness (QED) is 0.826. The predicted molar refractivity (Wildman–Crippen MR) is 76.7 cm³/mol. The van der Waals surface area contributed by atoms with E-state index in [-0.39, 0.29) is 17.7 Å². The first-order valence-corrected chi connectivity index (χ1v) is 6.78. The van der Waals surface area contributed by atoms with Gasteiger partial charge in [-0.1, -0.05) is 6.92 Å². The largest absolute Gasteiger partial charge is 0.493 e. The summed E-state index contributed by atoms with van der Waals surface area (Å²) < 4.78 is 13.2. The van der Waals surface area contributed by atoms with E-state index >= 15 is 0 Å². The molecule has 1 aromatic heterocycles. The second-order valence-electron chi connectivity index (χ2n) is 5.23. The minimum absolute atomic E-state index is 0.0161. The second-order valence-corrected chi connectivity index (χ2v) is 5.23. The molecule has 0 aliphatic heterocycles. The van der Waals surface area contributed by atoms with Gasteiger partial charge in [0.2, 0.25) is 0 Å². The lowest BCUT2D eigenvalue weighted by Crippen LogP contribution is -2.42. The third-order valence-electron chi connectivity index (χ3n) is 3.85. The van der Waals surface area contributed by atoms with Gasteiger partial charge in [-0.2, -0.15) is 5.10 Å². The summed E-state index contributed by atoms with van der Waals surface area (Å²) in [5.74, 6) is 0.796. The Morgan fingerprint density at radius 1 is 1.42 bits per heavy atom. The lowest BCUT2D eigenvalue weighted by molar-refractivity contribution is -0.0310. The van der Waals surface area contributed by atoms with E-state index < -0.39 is 0 Å². The molecule has 110 valence electrons. The van der Waals surface area contributed by atoms with Crippen molar-refractivity contribution in [1.82, 2.24) is 15.1 Å². The summed E-state index contributed by atoms with van der Waals surface area (Å²) in [5.41, 5.74) is 0.723. The third kappa shape index (κ3) is 2.92. The first-order valence-electron chi connectivity index (χ1n) is 6.78. The molecule has 0 aliphatic carbocycles. The van der Waals surface area contributed by atoms with Crippen LogP contribution in [0.3, 0.4) is 0 Å². The van der Waals surface area contributed by atoms with Crippen LogP contribution in [0.4, 0.5) is 0 Å². The van der Waals surface area contributed by atoms with Crippen molar-refractivity contribution >= 4 is 0 Å². The maximum Gasteiger partial charge on any atom is 0.161 e. The molecule has 5 nitrogen and oxygen atoms in total. The molecule has 0 fully saturated rings. The molecule has 0 spiro atoms. The Morgan fingerprint density at radius 3 is 2.42 bits per heavy atom. The van der Waals surface area contributed by atoms with E-state index in [1.165, 1.54) is 0 Å². The maximum atomic E-state index is 5.74. The van der Waals surface area contributed by atoms with Crippen LogP contribution in [0, 0.1) is 0 Å². The zero-order chi connectivity index (χ0) is 14.6. The summed E-state index contributed by atoms with van der Waals surface area (Å²) in [6, 6.07) is 0.287. The summed E-state index contributed by atoms with van der Waals surface area (Å²) in [6.45, 7) is 8.44. The number of rotatable bonds is 7. The number of aromatic nitrogens is 2. The Balaban J connectivity index is 3.34. The lowest BCUT2D eigenvalue weighted by atomic mass is 9.90. The van der Waals surface area contributed by atoms with Crippen molar-refractivity contribution < 1.29 is 9.47 Å². The first-order chi connectivity index (χ1) is 8.95. The fourth-order valence-corrected chi connectivity index (χ4v) is 2.40. The molecule has 0 aromatic carbocycles. The molecule has 1 N–H and O–H groups in total. The van der Waals surface area contributed by atoms with Gasteiger partial charge in [0.1, 0.15) is 5.69 Å². The summed E-state index contributed by atoms with van der Waals surface area (Å²) in [5, 5.41) is 7.78. The van der Waals surface area contributed by atoms with E-state index in [0.29, 0.717) is 0 Å². The highest BCUT2D eigenvalue weighted by atomic mass is 16.5. The summed E-state index contributed by atoms with van der Waals surface area (Å²) >= 11 is 0. The Kier molecular flexibility index (Phi) is 5.38. The molecule has 5 heteroatoms. The van der Waals surface area contributed by atoms with Crippen molar-refractivity contribution in [3.8, 4) is 5.75 Å². The van der Waals surface area contributed by atoms with Crippen LogP contribution in [0.1, 0.15) is 51.9 Å². The highest BCUT2D eigenvalue weighted by Gasteiger charge is 2.37. The standard InChI is InChI=1S/C14H27N3O2/c1-8-14(4,19-7)13(15-5)12-11(18-6)9-16-17(12)10(2)3/h9-10,13,15H,8H2,1-7H3. The molecule has 0 bridgehead atoms. The number of hydrogen-bond acceptors (Lipinski definition) is 4. The Labute approximate surface area is 116 Å². The van der Waals surface area contributed by atoms with Crippen molar-refractivity contribution in [3.63, 3.8) is 0 Å². The number of nitrogens with zero attached hydrogens (tertiary/aromatic N) is 2. The van der Waals surface area contributed by atoms with E-state index in [2.05, 4.69) is 38.1 Å². The Morgan fingerprint density at radius 2 is 2.05 bits per heavy atom. The van der Waals surface area contributed by atoms with Crippen LogP contribution < -0.4 is 10.1 Å². The average molecular weight is 269 g/mol. The monoisotopic (exact) mass is 269 g/mol. The Bertz CT molecular complexity index is 397. The molecule has 2 unspecified atom stereocenters. The molecule has 1 heterocycles.